The number of urea groups is 1. The monoisotopic (exact) mass is 429 g/mol. The van der Waals surface area contributed by atoms with E-state index in [-0.39, 0.29) is 17.0 Å². The highest BCUT2D eigenvalue weighted by molar-refractivity contribution is 7.89. The number of sulfonamides is 1. The van der Waals surface area contributed by atoms with Crippen LogP contribution >= 0.6 is 0 Å². The summed E-state index contributed by atoms with van der Waals surface area (Å²) in [5, 5.41) is 2.87. The molecule has 0 unspecified atom stereocenters. The molecule has 2 aromatic rings. The molecule has 1 aliphatic rings. The van der Waals surface area contributed by atoms with Crippen LogP contribution in [0.3, 0.4) is 0 Å². The number of anilines is 1. The fourth-order valence-electron chi connectivity index (χ4n) is 3.61. The molecule has 0 bridgehead atoms. The van der Waals surface area contributed by atoms with Crippen LogP contribution in [-0.2, 0) is 16.4 Å². The third-order valence-electron chi connectivity index (χ3n) is 5.37. The molecule has 0 aromatic heterocycles. The van der Waals surface area contributed by atoms with E-state index in [0.717, 1.165) is 45.2 Å². The lowest BCUT2D eigenvalue weighted by molar-refractivity contribution is 0.214. The molecule has 0 saturated carbocycles. The van der Waals surface area contributed by atoms with Crippen molar-refractivity contribution in [3.05, 3.63) is 60.2 Å². The van der Waals surface area contributed by atoms with Crippen LogP contribution in [0.5, 0.6) is 0 Å². The van der Waals surface area contributed by atoms with Crippen LogP contribution in [0.2, 0.25) is 0 Å². The van der Waals surface area contributed by atoms with Gasteiger partial charge in [0.2, 0.25) is 10.0 Å². The van der Waals surface area contributed by atoms with E-state index in [2.05, 4.69) is 10.0 Å². The number of hydrogen-bond acceptors (Lipinski definition) is 3. The largest absolute Gasteiger partial charge is 0.325 e. The van der Waals surface area contributed by atoms with E-state index in [9.17, 15) is 13.2 Å². The number of rotatable bonds is 7. The molecule has 0 spiro atoms. The fraction of sp³-hybridized carbons (Fsp3) is 0.435. The van der Waals surface area contributed by atoms with Crippen molar-refractivity contribution in [1.29, 1.82) is 0 Å². The first-order chi connectivity index (χ1) is 14.4. The summed E-state index contributed by atoms with van der Waals surface area (Å²) in [6, 6.07) is 16.1. The number of amides is 2. The molecule has 0 radical (unpaired) electrons. The smallest absolute Gasteiger partial charge is 0.321 e. The number of carbonyl (C=O) groups is 1. The molecule has 1 atom stereocenters. The zero-order chi connectivity index (χ0) is 21.4. The summed E-state index contributed by atoms with van der Waals surface area (Å²) in [5.41, 5.74) is 1.79. The third-order valence-corrected chi connectivity index (χ3v) is 6.98. The van der Waals surface area contributed by atoms with Gasteiger partial charge in [0.1, 0.15) is 0 Å². The second-order valence-corrected chi connectivity index (χ2v) is 9.62. The Kier molecular flexibility index (Phi) is 7.87. The molecule has 1 fully saturated rings. The fourth-order valence-corrected chi connectivity index (χ4v) is 4.89. The minimum Gasteiger partial charge on any atom is -0.325 e. The summed E-state index contributed by atoms with van der Waals surface area (Å²) < 4.78 is 28.1. The Hall–Kier alpha value is -2.38. The van der Waals surface area contributed by atoms with Gasteiger partial charge in [0.05, 0.1) is 4.90 Å². The van der Waals surface area contributed by atoms with Crippen molar-refractivity contribution >= 4 is 21.7 Å². The lowest BCUT2D eigenvalue weighted by Crippen LogP contribution is -2.35. The van der Waals surface area contributed by atoms with E-state index >= 15 is 0 Å². The predicted molar refractivity (Wildman–Crippen MR) is 120 cm³/mol. The van der Waals surface area contributed by atoms with Crippen molar-refractivity contribution < 1.29 is 13.2 Å². The van der Waals surface area contributed by atoms with Gasteiger partial charge in [-0.2, -0.15) is 0 Å². The Morgan fingerprint density at radius 2 is 1.60 bits per heavy atom. The number of nitrogens with one attached hydrogen (secondary N) is 2. The predicted octanol–water partition coefficient (Wildman–Crippen LogP) is 4.39. The lowest BCUT2D eigenvalue weighted by atomic mass is 10.1. The summed E-state index contributed by atoms with van der Waals surface area (Å²) in [5.74, 6) is 0. The van der Waals surface area contributed by atoms with Crippen molar-refractivity contribution in [2.75, 3.05) is 18.4 Å². The molecule has 3 rings (SSSR count). The summed E-state index contributed by atoms with van der Waals surface area (Å²) >= 11 is 0. The molecule has 2 amide bonds. The van der Waals surface area contributed by atoms with Crippen LogP contribution in [0.15, 0.2) is 59.5 Å². The number of benzene rings is 2. The van der Waals surface area contributed by atoms with Crippen LogP contribution in [0.1, 0.15) is 44.6 Å². The van der Waals surface area contributed by atoms with Gasteiger partial charge in [-0.3, -0.25) is 0 Å². The van der Waals surface area contributed by atoms with E-state index in [1.54, 1.807) is 12.1 Å². The first-order valence-corrected chi connectivity index (χ1v) is 12.1. The van der Waals surface area contributed by atoms with Crippen molar-refractivity contribution in [1.82, 2.24) is 9.62 Å². The normalized spacial score (nSPS) is 16.0. The van der Waals surface area contributed by atoms with Gasteiger partial charge in [-0.1, -0.05) is 43.2 Å². The number of carbonyl (C=O) groups excluding carboxylic acids is 1. The van der Waals surface area contributed by atoms with Gasteiger partial charge < -0.3 is 10.2 Å². The van der Waals surface area contributed by atoms with Crippen LogP contribution in [0.4, 0.5) is 10.5 Å². The molecule has 2 N–H and O–H groups in total. The van der Waals surface area contributed by atoms with Gasteiger partial charge in [0, 0.05) is 24.8 Å². The zero-order valence-corrected chi connectivity index (χ0v) is 18.3. The Labute approximate surface area is 179 Å². The summed E-state index contributed by atoms with van der Waals surface area (Å²) in [4.78, 5) is 14.4. The topological polar surface area (TPSA) is 78.5 Å². The van der Waals surface area contributed by atoms with Gasteiger partial charge in [0.15, 0.2) is 0 Å². The Balaban J connectivity index is 1.54. The van der Waals surface area contributed by atoms with E-state index in [4.69, 9.17) is 0 Å². The first kappa shape index (κ1) is 22.3. The molecule has 2 aromatic carbocycles. The maximum atomic E-state index is 12.7. The van der Waals surface area contributed by atoms with Crippen LogP contribution < -0.4 is 10.0 Å². The van der Waals surface area contributed by atoms with E-state index in [0.29, 0.717) is 12.1 Å². The van der Waals surface area contributed by atoms with Gasteiger partial charge in [0.25, 0.3) is 0 Å². The molecule has 1 heterocycles. The molecule has 30 heavy (non-hydrogen) atoms. The first-order valence-electron chi connectivity index (χ1n) is 10.7. The Morgan fingerprint density at radius 3 is 2.23 bits per heavy atom. The second-order valence-electron chi connectivity index (χ2n) is 7.90. The highest BCUT2D eigenvalue weighted by atomic mass is 32.2. The summed E-state index contributed by atoms with van der Waals surface area (Å²) in [6.45, 7) is 3.41. The molecular weight excluding hydrogens is 398 g/mol. The highest BCUT2D eigenvalue weighted by Gasteiger charge is 2.19. The molecule has 162 valence electrons. The molecule has 1 aliphatic heterocycles. The summed E-state index contributed by atoms with van der Waals surface area (Å²) in [7, 11) is -3.61. The van der Waals surface area contributed by atoms with Crippen molar-refractivity contribution in [3.63, 3.8) is 0 Å². The number of likely N-dealkylation sites (tertiary alicyclic amines) is 1. The average molecular weight is 430 g/mol. The van der Waals surface area contributed by atoms with Crippen LogP contribution in [0, 0.1) is 0 Å². The van der Waals surface area contributed by atoms with E-state index in [1.807, 2.05) is 42.2 Å². The van der Waals surface area contributed by atoms with Gasteiger partial charge >= 0.3 is 6.03 Å². The number of nitrogens with zero attached hydrogens (tertiary/aromatic N) is 1. The SMILES string of the molecule is C[C@@H](CCc1ccccc1)NS(=O)(=O)c1ccc(NC(=O)N2CCCCCC2)cc1. The highest BCUT2D eigenvalue weighted by Crippen LogP contribution is 2.17. The summed E-state index contributed by atoms with van der Waals surface area (Å²) in [6.07, 6.45) is 5.90. The molecule has 6 nitrogen and oxygen atoms in total. The van der Waals surface area contributed by atoms with E-state index < -0.39 is 10.0 Å². The average Bonchev–Trinajstić information content (AvgIpc) is 3.03. The lowest BCUT2D eigenvalue weighted by Gasteiger charge is -2.21. The van der Waals surface area contributed by atoms with Crippen molar-refractivity contribution in [2.24, 2.45) is 0 Å². The quantitative estimate of drug-likeness (QED) is 0.685. The Morgan fingerprint density at radius 1 is 0.967 bits per heavy atom. The Bertz CT molecular complexity index is 906. The maximum Gasteiger partial charge on any atom is 0.321 e. The molecule has 7 heteroatoms. The second kappa shape index (κ2) is 10.6. The molecule has 0 aliphatic carbocycles. The van der Waals surface area contributed by atoms with Gasteiger partial charge in [-0.05, 0) is 62.4 Å². The molecular formula is C23H31N3O3S. The van der Waals surface area contributed by atoms with Crippen LogP contribution in [-0.4, -0.2) is 38.5 Å². The number of hydrogen-bond donors (Lipinski definition) is 2. The zero-order valence-electron chi connectivity index (χ0n) is 17.5. The standard InChI is InChI=1S/C23H31N3O3S/c1-19(11-12-20-9-5-4-6-10-20)25-30(28,29)22-15-13-21(14-16-22)24-23(27)26-17-7-2-3-8-18-26/h4-6,9-10,13-16,19,25H,2-3,7-8,11-12,17-18H2,1H3,(H,24,27)/t19-/m0/s1. The third kappa shape index (κ3) is 6.57. The minimum atomic E-state index is -3.61. The number of aryl methyl sites for hydroxylation is 1. The van der Waals surface area contributed by atoms with Gasteiger partial charge in [-0.25, -0.2) is 17.9 Å². The van der Waals surface area contributed by atoms with Crippen molar-refractivity contribution in [3.8, 4) is 0 Å². The maximum absolute atomic E-state index is 12.7. The van der Waals surface area contributed by atoms with E-state index in [1.165, 1.54) is 17.7 Å². The minimum absolute atomic E-state index is 0.125. The molecule has 1 saturated heterocycles. The van der Waals surface area contributed by atoms with Crippen LogP contribution in [0.25, 0.3) is 0 Å². The van der Waals surface area contributed by atoms with Gasteiger partial charge in [-0.15, -0.1) is 0 Å². The van der Waals surface area contributed by atoms with Crippen molar-refractivity contribution in [2.45, 2.75) is 56.4 Å².